The fourth-order valence-corrected chi connectivity index (χ4v) is 1.28. The lowest BCUT2D eigenvalue weighted by Crippen LogP contribution is -2.33. The Morgan fingerprint density at radius 1 is 1.38 bits per heavy atom. The lowest BCUT2D eigenvalue weighted by molar-refractivity contribution is -0.134. The highest BCUT2D eigenvalue weighted by Crippen LogP contribution is 2.17. The molecule has 5 heteroatoms. The van der Waals surface area contributed by atoms with Crippen LogP contribution >= 0.6 is 0 Å². The maximum atomic E-state index is 11.1. The number of phenols is 1. The van der Waals surface area contributed by atoms with Crippen molar-refractivity contribution in [2.75, 3.05) is 20.2 Å². The van der Waals surface area contributed by atoms with Crippen LogP contribution in [-0.2, 0) is 4.79 Å². The van der Waals surface area contributed by atoms with Gasteiger partial charge in [0.15, 0.2) is 0 Å². The third-order valence-electron chi connectivity index (χ3n) is 2.29. The lowest BCUT2D eigenvalue weighted by atomic mass is 10.1. The summed E-state index contributed by atoms with van der Waals surface area (Å²) in [6, 6.07) is 6.09. The molecule has 5 nitrogen and oxygen atoms in total. The van der Waals surface area contributed by atoms with Crippen molar-refractivity contribution in [3.8, 4) is 5.75 Å². The molecule has 0 saturated heterocycles. The Balaban J connectivity index is 2.61. The quantitative estimate of drug-likeness (QED) is 0.667. The lowest BCUT2D eigenvalue weighted by Gasteiger charge is -2.20. The van der Waals surface area contributed by atoms with Crippen molar-refractivity contribution in [1.82, 2.24) is 4.90 Å². The van der Waals surface area contributed by atoms with Crippen LogP contribution in [0.3, 0.4) is 0 Å². The second kappa shape index (κ2) is 5.48. The van der Waals surface area contributed by atoms with Crippen LogP contribution < -0.4 is 0 Å². The van der Waals surface area contributed by atoms with Crippen LogP contribution in [-0.4, -0.2) is 46.3 Å². The van der Waals surface area contributed by atoms with Gasteiger partial charge in [-0.25, -0.2) is 0 Å². The molecule has 1 aromatic carbocycles. The van der Waals surface area contributed by atoms with Gasteiger partial charge in [0, 0.05) is 7.05 Å². The number of likely N-dealkylation sites (N-methyl/N-ethyl adjacent to an activating group) is 1. The summed E-state index contributed by atoms with van der Waals surface area (Å²) < 4.78 is 0. The van der Waals surface area contributed by atoms with Crippen LogP contribution in [0.25, 0.3) is 0 Å². The first-order valence-electron chi connectivity index (χ1n) is 4.86. The van der Waals surface area contributed by atoms with Crippen molar-refractivity contribution in [3.63, 3.8) is 0 Å². The number of hydrogen-bond acceptors (Lipinski definition) is 4. The second-order valence-corrected chi connectivity index (χ2v) is 3.54. The molecule has 0 heterocycles. The molecule has 0 spiro atoms. The molecular formula is C11H15NO4. The second-order valence-electron chi connectivity index (χ2n) is 3.54. The SMILES string of the molecule is CN(CC(O)c1ccc(O)cc1)C(=O)CO. The molecular weight excluding hydrogens is 210 g/mol. The van der Waals surface area contributed by atoms with E-state index in [9.17, 15) is 9.90 Å². The standard InChI is InChI=1S/C11H15NO4/c1-12(11(16)7-13)6-10(15)8-2-4-9(14)5-3-8/h2-5,10,13-15H,6-7H2,1H3. The highest BCUT2D eigenvalue weighted by Gasteiger charge is 2.14. The maximum Gasteiger partial charge on any atom is 0.248 e. The minimum absolute atomic E-state index is 0.101. The Kier molecular flexibility index (Phi) is 4.28. The predicted molar refractivity (Wildman–Crippen MR) is 57.8 cm³/mol. The first-order valence-corrected chi connectivity index (χ1v) is 4.86. The third kappa shape index (κ3) is 3.22. The van der Waals surface area contributed by atoms with E-state index in [1.807, 2.05) is 0 Å². The van der Waals surface area contributed by atoms with E-state index in [0.717, 1.165) is 0 Å². The molecule has 1 atom stereocenters. The number of aromatic hydroxyl groups is 1. The zero-order valence-electron chi connectivity index (χ0n) is 9.00. The molecule has 88 valence electrons. The molecule has 0 radical (unpaired) electrons. The van der Waals surface area contributed by atoms with Gasteiger partial charge in [0.05, 0.1) is 12.6 Å². The zero-order valence-corrected chi connectivity index (χ0v) is 9.00. The zero-order chi connectivity index (χ0) is 12.1. The molecule has 0 fully saturated rings. The predicted octanol–water partition coefficient (Wildman–Crippen LogP) is -0.124. The molecule has 1 unspecified atom stereocenters. The monoisotopic (exact) mass is 225 g/mol. The number of carbonyl (C=O) groups excluding carboxylic acids is 1. The highest BCUT2D eigenvalue weighted by atomic mass is 16.3. The largest absolute Gasteiger partial charge is 0.508 e. The van der Waals surface area contributed by atoms with Crippen molar-refractivity contribution in [2.24, 2.45) is 0 Å². The summed E-state index contributed by atoms with van der Waals surface area (Å²) in [5.41, 5.74) is 0.607. The molecule has 0 aromatic heterocycles. The normalized spacial score (nSPS) is 12.2. The minimum atomic E-state index is -0.832. The van der Waals surface area contributed by atoms with E-state index < -0.39 is 18.6 Å². The Bertz CT molecular complexity index is 350. The number of aliphatic hydroxyl groups is 2. The average molecular weight is 225 g/mol. The first kappa shape index (κ1) is 12.5. The molecule has 1 rings (SSSR count). The molecule has 0 aliphatic carbocycles. The smallest absolute Gasteiger partial charge is 0.248 e. The molecule has 0 saturated carbocycles. The van der Waals surface area contributed by atoms with E-state index in [1.54, 1.807) is 12.1 Å². The van der Waals surface area contributed by atoms with Gasteiger partial charge in [-0.3, -0.25) is 4.79 Å². The van der Waals surface area contributed by atoms with Crippen LogP contribution in [0.2, 0.25) is 0 Å². The molecule has 16 heavy (non-hydrogen) atoms. The van der Waals surface area contributed by atoms with Crippen molar-refractivity contribution < 1.29 is 20.1 Å². The summed E-state index contributed by atoms with van der Waals surface area (Å²) in [6.07, 6.45) is -0.832. The number of hydrogen-bond donors (Lipinski definition) is 3. The number of amides is 1. The number of nitrogens with zero attached hydrogens (tertiary/aromatic N) is 1. The van der Waals surface area contributed by atoms with E-state index in [-0.39, 0.29) is 12.3 Å². The van der Waals surface area contributed by atoms with Crippen LogP contribution in [0, 0.1) is 0 Å². The summed E-state index contributed by atoms with van der Waals surface area (Å²) in [7, 11) is 1.50. The Hall–Kier alpha value is -1.59. The van der Waals surface area contributed by atoms with Crippen molar-refractivity contribution in [1.29, 1.82) is 0 Å². The molecule has 0 bridgehead atoms. The van der Waals surface area contributed by atoms with Gasteiger partial charge >= 0.3 is 0 Å². The number of phenolic OH excluding ortho intramolecular Hbond substituents is 1. The minimum Gasteiger partial charge on any atom is -0.508 e. The summed E-state index contributed by atoms with van der Waals surface area (Å²) >= 11 is 0. The number of benzene rings is 1. The van der Waals surface area contributed by atoms with Crippen LogP contribution in [0.1, 0.15) is 11.7 Å². The van der Waals surface area contributed by atoms with Gasteiger partial charge in [-0.15, -0.1) is 0 Å². The fourth-order valence-electron chi connectivity index (χ4n) is 1.28. The van der Waals surface area contributed by atoms with Gasteiger partial charge in [0.2, 0.25) is 5.91 Å². The van der Waals surface area contributed by atoms with E-state index in [0.29, 0.717) is 5.56 Å². The Morgan fingerprint density at radius 3 is 2.44 bits per heavy atom. The molecule has 0 aliphatic rings. The average Bonchev–Trinajstić information content (AvgIpc) is 2.28. The van der Waals surface area contributed by atoms with Crippen molar-refractivity contribution in [2.45, 2.75) is 6.10 Å². The maximum absolute atomic E-state index is 11.1. The van der Waals surface area contributed by atoms with E-state index in [2.05, 4.69) is 0 Å². The van der Waals surface area contributed by atoms with Crippen LogP contribution in [0.15, 0.2) is 24.3 Å². The summed E-state index contributed by atoms with van der Waals surface area (Å²) in [5.74, 6) is -0.325. The Morgan fingerprint density at radius 2 is 1.94 bits per heavy atom. The first-order chi connectivity index (χ1) is 7.54. The van der Waals surface area contributed by atoms with E-state index in [4.69, 9.17) is 10.2 Å². The summed E-state index contributed by atoms with van der Waals surface area (Å²) in [6.45, 7) is -0.469. The van der Waals surface area contributed by atoms with Gasteiger partial charge < -0.3 is 20.2 Å². The number of aliphatic hydroxyl groups excluding tert-OH is 2. The highest BCUT2D eigenvalue weighted by molar-refractivity contribution is 5.76. The van der Waals surface area contributed by atoms with E-state index >= 15 is 0 Å². The van der Waals surface area contributed by atoms with Crippen molar-refractivity contribution in [3.05, 3.63) is 29.8 Å². The summed E-state index contributed by atoms with van der Waals surface area (Å²) in [5, 5.41) is 27.5. The van der Waals surface area contributed by atoms with Gasteiger partial charge in [-0.05, 0) is 17.7 Å². The third-order valence-corrected chi connectivity index (χ3v) is 2.29. The van der Waals surface area contributed by atoms with Gasteiger partial charge in [-0.2, -0.15) is 0 Å². The number of rotatable bonds is 4. The summed E-state index contributed by atoms with van der Waals surface area (Å²) in [4.78, 5) is 12.3. The molecule has 1 aromatic rings. The van der Waals surface area contributed by atoms with Gasteiger partial charge in [0.25, 0.3) is 0 Å². The number of carbonyl (C=O) groups is 1. The van der Waals surface area contributed by atoms with Gasteiger partial charge in [-0.1, -0.05) is 12.1 Å². The molecule has 3 N–H and O–H groups in total. The van der Waals surface area contributed by atoms with Gasteiger partial charge in [0.1, 0.15) is 12.4 Å². The van der Waals surface area contributed by atoms with Crippen LogP contribution in [0.5, 0.6) is 5.75 Å². The Labute approximate surface area is 93.6 Å². The van der Waals surface area contributed by atoms with Crippen LogP contribution in [0.4, 0.5) is 0 Å². The fraction of sp³-hybridized carbons (Fsp3) is 0.364. The molecule has 1 amide bonds. The molecule has 0 aliphatic heterocycles. The topological polar surface area (TPSA) is 81.0 Å². The van der Waals surface area contributed by atoms with E-state index in [1.165, 1.54) is 24.1 Å². The van der Waals surface area contributed by atoms with Crippen molar-refractivity contribution >= 4 is 5.91 Å².